The summed E-state index contributed by atoms with van der Waals surface area (Å²) in [6.07, 6.45) is -2.32. The molecule has 1 aromatic carbocycles. The van der Waals surface area contributed by atoms with Gasteiger partial charge in [0, 0.05) is 12.5 Å². The maximum atomic E-state index is 13.5. The Morgan fingerprint density at radius 1 is 1.41 bits per heavy atom. The van der Waals surface area contributed by atoms with E-state index in [0.29, 0.717) is 0 Å². The van der Waals surface area contributed by atoms with Gasteiger partial charge in [0.2, 0.25) is 0 Å². The highest BCUT2D eigenvalue weighted by Gasteiger charge is 2.38. The Labute approximate surface area is 96.1 Å². The molecule has 4 nitrogen and oxygen atoms in total. The second kappa shape index (κ2) is 4.29. The standard InChI is InChI=1S/C11H11F2NO3/c12-8-3-1-2-6(9(8)13)7-4-5-14(10(7)15)11(16)17/h1-3,7,10,15H,4-5H2,(H,16,17)/t7?,10-/m0/s1. The van der Waals surface area contributed by atoms with Gasteiger partial charge in [-0.3, -0.25) is 4.90 Å². The molecule has 1 fully saturated rings. The molecule has 2 rings (SSSR count). The van der Waals surface area contributed by atoms with Crippen LogP contribution in [0.15, 0.2) is 18.2 Å². The molecular formula is C11H11F2NO3. The third-order valence-corrected chi connectivity index (χ3v) is 2.99. The molecule has 0 saturated carbocycles. The van der Waals surface area contributed by atoms with Crippen LogP contribution >= 0.6 is 0 Å². The fraction of sp³-hybridized carbons (Fsp3) is 0.364. The summed E-state index contributed by atoms with van der Waals surface area (Å²) in [5.41, 5.74) is 0.0150. The molecule has 1 heterocycles. The first-order valence-corrected chi connectivity index (χ1v) is 5.14. The number of aliphatic hydroxyl groups is 1. The summed E-state index contributed by atoms with van der Waals surface area (Å²) in [6.45, 7) is 0.108. The molecule has 1 saturated heterocycles. The average Bonchev–Trinajstić information content (AvgIpc) is 2.64. The van der Waals surface area contributed by atoms with E-state index in [2.05, 4.69) is 0 Å². The second-order valence-corrected chi connectivity index (χ2v) is 3.93. The van der Waals surface area contributed by atoms with Gasteiger partial charge in [0.05, 0.1) is 0 Å². The van der Waals surface area contributed by atoms with Gasteiger partial charge in [0.15, 0.2) is 11.6 Å². The summed E-state index contributed by atoms with van der Waals surface area (Å²) in [4.78, 5) is 11.6. The number of aliphatic hydroxyl groups excluding tert-OH is 1. The molecule has 0 radical (unpaired) electrons. The number of hydrogen-bond acceptors (Lipinski definition) is 2. The fourth-order valence-corrected chi connectivity index (χ4v) is 2.11. The Morgan fingerprint density at radius 2 is 2.12 bits per heavy atom. The van der Waals surface area contributed by atoms with Crippen LogP contribution in [0.3, 0.4) is 0 Å². The molecule has 17 heavy (non-hydrogen) atoms. The summed E-state index contributed by atoms with van der Waals surface area (Å²) >= 11 is 0. The predicted octanol–water partition coefficient (Wildman–Crippen LogP) is 1.75. The summed E-state index contributed by atoms with van der Waals surface area (Å²) in [6, 6.07) is 3.68. The lowest BCUT2D eigenvalue weighted by molar-refractivity contribution is 0.0305. The van der Waals surface area contributed by atoms with Gasteiger partial charge in [0.1, 0.15) is 6.23 Å². The molecule has 1 aliphatic heterocycles. The zero-order valence-electron chi connectivity index (χ0n) is 8.81. The Hall–Kier alpha value is -1.69. The third-order valence-electron chi connectivity index (χ3n) is 2.99. The van der Waals surface area contributed by atoms with Crippen LogP contribution in [0.2, 0.25) is 0 Å². The van der Waals surface area contributed by atoms with Crippen molar-refractivity contribution in [1.82, 2.24) is 4.90 Å². The van der Waals surface area contributed by atoms with Crippen LogP contribution < -0.4 is 0 Å². The van der Waals surface area contributed by atoms with E-state index in [0.717, 1.165) is 11.0 Å². The van der Waals surface area contributed by atoms with E-state index in [1.807, 2.05) is 0 Å². The number of benzene rings is 1. The Kier molecular flexibility index (Phi) is 2.97. The highest BCUT2D eigenvalue weighted by atomic mass is 19.2. The van der Waals surface area contributed by atoms with E-state index in [-0.39, 0.29) is 18.5 Å². The molecule has 1 aliphatic rings. The lowest BCUT2D eigenvalue weighted by atomic mass is 9.96. The smallest absolute Gasteiger partial charge is 0.409 e. The Balaban J connectivity index is 2.30. The molecule has 0 bridgehead atoms. The van der Waals surface area contributed by atoms with Gasteiger partial charge < -0.3 is 10.2 Å². The van der Waals surface area contributed by atoms with Crippen molar-refractivity contribution in [2.24, 2.45) is 0 Å². The predicted molar refractivity (Wildman–Crippen MR) is 54.5 cm³/mol. The van der Waals surface area contributed by atoms with Crippen LogP contribution in [0.1, 0.15) is 17.9 Å². The number of amides is 1. The summed E-state index contributed by atoms with van der Waals surface area (Å²) in [5, 5.41) is 18.5. The molecule has 0 aliphatic carbocycles. The summed E-state index contributed by atoms with van der Waals surface area (Å²) in [7, 11) is 0. The van der Waals surface area contributed by atoms with Crippen molar-refractivity contribution in [2.75, 3.05) is 6.54 Å². The largest absolute Gasteiger partial charge is 0.465 e. The van der Waals surface area contributed by atoms with Crippen molar-refractivity contribution in [2.45, 2.75) is 18.6 Å². The minimum absolute atomic E-state index is 0.0150. The second-order valence-electron chi connectivity index (χ2n) is 3.93. The molecule has 0 spiro atoms. The quantitative estimate of drug-likeness (QED) is 0.790. The van der Waals surface area contributed by atoms with Gasteiger partial charge in [-0.25, -0.2) is 13.6 Å². The van der Waals surface area contributed by atoms with E-state index in [9.17, 15) is 18.7 Å². The zero-order valence-corrected chi connectivity index (χ0v) is 8.81. The minimum Gasteiger partial charge on any atom is -0.465 e. The van der Waals surface area contributed by atoms with Crippen LogP contribution in [0.5, 0.6) is 0 Å². The molecule has 92 valence electrons. The Morgan fingerprint density at radius 3 is 2.71 bits per heavy atom. The topological polar surface area (TPSA) is 60.8 Å². The molecule has 6 heteroatoms. The van der Waals surface area contributed by atoms with E-state index in [4.69, 9.17) is 5.11 Å². The number of halogens is 2. The van der Waals surface area contributed by atoms with E-state index >= 15 is 0 Å². The van der Waals surface area contributed by atoms with Crippen LogP contribution in [0.4, 0.5) is 13.6 Å². The first kappa shape index (κ1) is 11.8. The van der Waals surface area contributed by atoms with Crippen LogP contribution in [-0.4, -0.2) is 34.0 Å². The van der Waals surface area contributed by atoms with Gasteiger partial charge in [-0.1, -0.05) is 12.1 Å². The van der Waals surface area contributed by atoms with Crippen LogP contribution in [0.25, 0.3) is 0 Å². The van der Waals surface area contributed by atoms with Crippen LogP contribution in [-0.2, 0) is 0 Å². The number of rotatable bonds is 1. The van der Waals surface area contributed by atoms with Gasteiger partial charge >= 0.3 is 6.09 Å². The van der Waals surface area contributed by atoms with Crippen molar-refractivity contribution in [1.29, 1.82) is 0 Å². The van der Waals surface area contributed by atoms with Crippen molar-refractivity contribution in [3.63, 3.8) is 0 Å². The first-order valence-electron chi connectivity index (χ1n) is 5.14. The van der Waals surface area contributed by atoms with Crippen molar-refractivity contribution < 1.29 is 23.8 Å². The van der Waals surface area contributed by atoms with Crippen LogP contribution in [0, 0.1) is 11.6 Å². The number of nitrogens with zero attached hydrogens (tertiary/aromatic N) is 1. The fourth-order valence-electron chi connectivity index (χ4n) is 2.11. The zero-order chi connectivity index (χ0) is 12.6. The minimum atomic E-state index is -1.33. The molecule has 1 amide bonds. The maximum absolute atomic E-state index is 13.5. The molecular weight excluding hydrogens is 232 g/mol. The number of carboxylic acid groups (broad SMARTS) is 1. The normalized spacial score (nSPS) is 24.1. The Bertz CT molecular complexity index is 452. The van der Waals surface area contributed by atoms with Crippen molar-refractivity contribution in [3.8, 4) is 0 Å². The van der Waals surface area contributed by atoms with Crippen molar-refractivity contribution in [3.05, 3.63) is 35.4 Å². The monoisotopic (exact) mass is 243 g/mol. The van der Waals surface area contributed by atoms with E-state index in [1.165, 1.54) is 12.1 Å². The average molecular weight is 243 g/mol. The number of likely N-dealkylation sites (tertiary alicyclic amines) is 1. The number of carbonyl (C=O) groups is 1. The number of hydrogen-bond donors (Lipinski definition) is 2. The van der Waals surface area contributed by atoms with Gasteiger partial charge in [-0.15, -0.1) is 0 Å². The highest BCUT2D eigenvalue weighted by Crippen LogP contribution is 2.34. The lowest BCUT2D eigenvalue weighted by Gasteiger charge is -2.21. The molecule has 1 unspecified atom stereocenters. The third kappa shape index (κ3) is 1.95. The molecule has 1 aromatic rings. The maximum Gasteiger partial charge on any atom is 0.409 e. The molecule has 2 N–H and O–H groups in total. The van der Waals surface area contributed by atoms with Gasteiger partial charge in [0.25, 0.3) is 0 Å². The first-order chi connectivity index (χ1) is 8.02. The van der Waals surface area contributed by atoms with E-state index < -0.39 is 29.9 Å². The highest BCUT2D eigenvalue weighted by molar-refractivity contribution is 5.65. The van der Waals surface area contributed by atoms with Crippen molar-refractivity contribution >= 4 is 6.09 Å². The van der Waals surface area contributed by atoms with Gasteiger partial charge in [-0.05, 0) is 18.1 Å². The molecule has 2 atom stereocenters. The SMILES string of the molecule is O=C(O)N1CCC(c2cccc(F)c2F)[C@@H]1O. The summed E-state index contributed by atoms with van der Waals surface area (Å²) in [5.74, 6) is -2.74. The lowest BCUT2D eigenvalue weighted by Crippen LogP contribution is -2.36. The van der Waals surface area contributed by atoms with Gasteiger partial charge in [-0.2, -0.15) is 0 Å². The van der Waals surface area contributed by atoms with E-state index in [1.54, 1.807) is 0 Å². The molecule has 0 aromatic heterocycles. The summed E-state index contributed by atoms with van der Waals surface area (Å²) < 4.78 is 26.5.